The molecule has 8 nitrogen and oxygen atoms in total. The third-order valence-corrected chi connectivity index (χ3v) is 3.96. The molecule has 1 aliphatic heterocycles. The SMILES string of the molecule is CCCCN1C(=O)NC(=O)C(=Cc2c(OC)cc(OC)cc2OC)C1=O. The number of amides is 4. The number of imide groups is 2. The molecule has 2 rings (SSSR count). The minimum atomic E-state index is -0.757. The fourth-order valence-corrected chi connectivity index (χ4v) is 2.53. The number of methoxy groups -OCH3 is 3. The summed E-state index contributed by atoms with van der Waals surface area (Å²) < 4.78 is 15.8. The van der Waals surface area contributed by atoms with Crippen molar-refractivity contribution in [2.75, 3.05) is 27.9 Å². The van der Waals surface area contributed by atoms with Crippen LogP contribution in [0.25, 0.3) is 6.08 Å². The van der Waals surface area contributed by atoms with E-state index in [4.69, 9.17) is 14.2 Å². The lowest BCUT2D eigenvalue weighted by Gasteiger charge is -2.26. The first-order valence-corrected chi connectivity index (χ1v) is 8.15. The maximum atomic E-state index is 12.6. The van der Waals surface area contributed by atoms with Crippen LogP contribution >= 0.6 is 0 Å². The van der Waals surface area contributed by atoms with Crippen LogP contribution in [0.4, 0.5) is 4.79 Å². The number of carbonyl (C=O) groups is 3. The fraction of sp³-hybridized carbons (Fsp3) is 0.389. The molecule has 1 saturated heterocycles. The Morgan fingerprint density at radius 3 is 2.15 bits per heavy atom. The summed E-state index contributed by atoms with van der Waals surface area (Å²) in [5, 5.41) is 2.19. The van der Waals surface area contributed by atoms with Crippen molar-refractivity contribution in [2.24, 2.45) is 0 Å². The number of barbiturate groups is 1. The predicted molar refractivity (Wildman–Crippen MR) is 94.2 cm³/mol. The van der Waals surface area contributed by atoms with Gasteiger partial charge < -0.3 is 14.2 Å². The second-order valence-corrected chi connectivity index (χ2v) is 5.57. The van der Waals surface area contributed by atoms with Crippen molar-refractivity contribution in [3.8, 4) is 17.2 Å². The van der Waals surface area contributed by atoms with Crippen molar-refractivity contribution >= 4 is 23.9 Å². The molecule has 4 amide bonds. The lowest BCUT2D eigenvalue weighted by Crippen LogP contribution is -2.54. The van der Waals surface area contributed by atoms with E-state index in [1.807, 2.05) is 6.92 Å². The fourth-order valence-electron chi connectivity index (χ4n) is 2.53. The van der Waals surface area contributed by atoms with Crippen molar-refractivity contribution in [3.63, 3.8) is 0 Å². The van der Waals surface area contributed by atoms with Gasteiger partial charge in [0.15, 0.2) is 0 Å². The van der Waals surface area contributed by atoms with Gasteiger partial charge in [0, 0.05) is 18.7 Å². The Morgan fingerprint density at radius 1 is 1.04 bits per heavy atom. The Hall–Kier alpha value is -3.03. The maximum absolute atomic E-state index is 12.6. The highest BCUT2D eigenvalue weighted by Gasteiger charge is 2.35. The van der Waals surface area contributed by atoms with Gasteiger partial charge >= 0.3 is 6.03 Å². The summed E-state index contributed by atoms with van der Waals surface area (Å²) in [7, 11) is 4.41. The number of nitrogens with one attached hydrogen (secondary N) is 1. The molecular weight excluding hydrogens is 340 g/mol. The number of hydrogen-bond acceptors (Lipinski definition) is 6. The topological polar surface area (TPSA) is 94.2 Å². The van der Waals surface area contributed by atoms with Gasteiger partial charge in [0.25, 0.3) is 11.8 Å². The zero-order valence-electron chi connectivity index (χ0n) is 15.3. The van der Waals surface area contributed by atoms with Gasteiger partial charge in [0.2, 0.25) is 0 Å². The Kier molecular flexibility index (Phi) is 6.21. The zero-order valence-corrected chi connectivity index (χ0v) is 15.3. The number of unbranched alkanes of at least 4 members (excludes halogenated alkanes) is 1. The molecule has 26 heavy (non-hydrogen) atoms. The van der Waals surface area contributed by atoms with Crippen LogP contribution in [0.5, 0.6) is 17.2 Å². The second kappa shape index (κ2) is 8.37. The van der Waals surface area contributed by atoms with Crippen molar-refractivity contribution in [1.29, 1.82) is 0 Å². The first-order valence-electron chi connectivity index (χ1n) is 8.15. The molecule has 0 unspecified atom stereocenters. The lowest BCUT2D eigenvalue weighted by molar-refractivity contribution is -0.130. The largest absolute Gasteiger partial charge is 0.496 e. The van der Waals surface area contributed by atoms with E-state index in [-0.39, 0.29) is 12.1 Å². The van der Waals surface area contributed by atoms with Gasteiger partial charge in [0.1, 0.15) is 22.8 Å². The normalized spacial score (nSPS) is 15.9. The van der Waals surface area contributed by atoms with E-state index in [2.05, 4.69) is 5.32 Å². The Bertz CT molecular complexity index is 731. The van der Waals surface area contributed by atoms with E-state index < -0.39 is 17.8 Å². The van der Waals surface area contributed by atoms with E-state index in [0.717, 1.165) is 11.3 Å². The van der Waals surface area contributed by atoms with Crippen LogP contribution in [0.1, 0.15) is 25.3 Å². The number of nitrogens with zero attached hydrogens (tertiary/aromatic N) is 1. The summed E-state index contributed by atoms with van der Waals surface area (Å²) in [6, 6.07) is 2.51. The van der Waals surface area contributed by atoms with Crippen molar-refractivity contribution in [1.82, 2.24) is 10.2 Å². The van der Waals surface area contributed by atoms with Crippen LogP contribution in [0, 0.1) is 0 Å². The van der Waals surface area contributed by atoms with Crippen molar-refractivity contribution in [2.45, 2.75) is 19.8 Å². The van der Waals surface area contributed by atoms with Gasteiger partial charge in [0.05, 0.1) is 26.9 Å². The molecule has 0 aliphatic carbocycles. The predicted octanol–water partition coefficient (Wildman–Crippen LogP) is 1.97. The Balaban J connectivity index is 2.51. The minimum absolute atomic E-state index is 0.164. The molecule has 0 atom stereocenters. The summed E-state index contributed by atoms with van der Waals surface area (Å²) in [5.41, 5.74) is 0.238. The van der Waals surface area contributed by atoms with Crippen LogP contribution < -0.4 is 19.5 Å². The van der Waals surface area contributed by atoms with Crippen LogP contribution in [-0.2, 0) is 9.59 Å². The molecule has 1 aromatic carbocycles. The van der Waals surface area contributed by atoms with E-state index >= 15 is 0 Å². The van der Waals surface area contributed by atoms with Gasteiger partial charge in [-0.15, -0.1) is 0 Å². The summed E-state index contributed by atoms with van der Waals surface area (Å²) in [5.74, 6) is -0.169. The number of rotatable bonds is 7. The third-order valence-electron chi connectivity index (χ3n) is 3.96. The zero-order chi connectivity index (χ0) is 19.3. The van der Waals surface area contributed by atoms with Gasteiger partial charge in [-0.25, -0.2) is 4.79 Å². The minimum Gasteiger partial charge on any atom is -0.496 e. The van der Waals surface area contributed by atoms with Crippen LogP contribution in [-0.4, -0.2) is 50.6 Å². The number of urea groups is 1. The molecule has 0 aromatic heterocycles. The quantitative estimate of drug-likeness (QED) is 0.589. The van der Waals surface area contributed by atoms with Gasteiger partial charge in [-0.05, 0) is 12.5 Å². The van der Waals surface area contributed by atoms with Crippen molar-refractivity contribution in [3.05, 3.63) is 23.3 Å². The van der Waals surface area contributed by atoms with Crippen LogP contribution in [0.3, 0.4) is 0 Å². The molecule has 0 saturated carbocycles. The molecule has 8 heteroatoms. The molecular formula is C18H22N2O6. The highest BCUT2D eigenvalue weighted by Crippen LogP contribution is 2.36. The van der Waals surface area contributed by atoms with E-state index in [9.17, 15) is 14.4 Å². The van der Waals surface area contributed by atoms with Crippen molar-refractivity contribution < 1.29 is 28.6 Å². The summed E-state index contributed by atoms with van der Waals surface area (Å²) in [4.78, 5) is 37.8. The summed E-state index contributed by atoms with van der Waals surface area (Å²) in [6.07, 6.45) is 2.82. The Labute approximate surface area is 151 Å². The number of ether oxygens (including phenoxy) is 3. The molecule has 140 valence electrons. The van der Waals surface area contributed by atoms with E-state index in [0.29, 0.717) is 29.2 Å². The first-order chi connectivity index (χ1) is 12.5. The van der Waals surface area contributed by atoms with Gasteiger partial charge in [-0.1, -0.05) is 13.3 Å². The Morgan fingerprint density at radius 2 is 1.65 bits per heavy atom. The van der Waals surface area contributed by atoms with E-state index in [1.165, 1.54) is 27.4 Å². The second-order valence-electron chi connectivity index (χ2n) is 5.57. The highest BCUT2D eigenvalue weighted by atomic mass is 16.5. The van der Waals surface area contributed by atoms with Crippen LogP contribution in [0.15, 0.2) is 17.7 Å². The summed E-state index contributed by atoms with van der Waals surface area (Å²) in [6.45, 7) is 2.18. The summed E-state index contributed by atoms with van der Waals surface area (Å²) >= 11 is 0. The smallest absolute Gasteiger partial charge is 0.331 e. The third kappa shape index (κ3) is 3.79. The molecule has 0 spiro atoms. The van der Waals surface area contributed by atoms with Gasteiger partial charge in [-0.3, -0.25) is 19.8 Å². The molecule has 1 aromatic rings. The number of benzene rings is 1. The molecule has 0 radical (unpaired) electrons. The number of hydrogen-bond donors (Lipinski definition) is 1. The molecule has 1 aliphatic rings. The first kappa shape index (κ1) is 19.3. The maximum Gasteiger partial charge on any atom is 0.331 e. The average molecular weight is 362 g/mol. The monoisotopic (exact) mass is 362 g/mol. The van der Waals surface area contributed by atoms with E-state index in [1.54, 1.807) is 12.1 Å². The number of carbonyl (C=O) groups excluding carboxylic acids is 3. The van der Waals surface area contributed by atoms with Crippen LogP contribution in [0.2, 0.25) is 0 Å². The van der Waals surface area contributed by atoms with Gasteiger partial charge in [-0.2, -0.15) is 0 Å². The molecule has 0 bridgehead atoms. The standard InChI is InChI=1S/C18H22N2O6/c1-5-6-7-20-17(22)13(16(21)19-18(20)23)10-12-14(25-3)8-11(24-2)9-15(12)26-4/h8-10H,5-7H2,1-4H3,(H,19,21,23). The lowest BCUT2D eigenvalue weighted by atomic mass is 10.0. The highest BCUT2D eigenvalue weighted by molar-refractivity contribution is 6.31. The molecule has 1 fully saturated rings. The average Bonchev–Trinajstić information content (AvgIpc) is 2.64. The molecule has 1 N–H and O–H groups in total. The molecule has 1 heterocycles.